The van der Waals surface area contributed by atoms with Crippen molar-refractivity contribution in [2.24, 2.45) is 5.73 Å². The van der Waals surface area contributed by atoms with Crippen molar-refractivity contribution in [1.29, 1.82) is 0 Å². The summed E-state index contributed by atoms with van der Waals surface area (Å²) in [5.41, 5.74) is 4.36. The van der Waals surface area contributed by atoms with Gasteiger partial charge in [-0.25, -0.2) is 8.78 Å². The Hall–Kier alpha value is -1.29. The van der Waals surface area contributed by atoms with Crippen LogP contribution in [0.2, 0.25) is 0 Å². The molecular formula is C11H11F2NO. The summed E-state index contributed by atoms with van der Waals surface area (Å²) >= 11 is 0. The molecule has 0 aromatic heterocycles. The van der Waals surface area contributed by atoms with Gasteiger partial charge in [0.05, 0.1) is 11.1 Å². The van der Waals surface area contributed by atoms with E-state index in [1.807, 2.05) is 0 Å². The maximum atomic E-state index is 13.6. The first-order valence-electron chi connectivity index (χ1n) is 4.74. The fourth-order valence-electron chi connectivity index (χ4n) is 1.48. The van der Waals surface area contributed by atoms with Crippen molar-refractivity contribution < 1.29 is 13.6 Å². The number of hydrogen-bond acceptors (Lipinski definition) is 2. The van der Waals surface area contributed by atoms with E-state index in [1.54, 1.807) is 0 Å². The molecule has 2 N–H and O–H groups in total. The molecule has 1 saturated carbocycles. The van der Waals surface area contributed by atoms with E-state index < -0.39 is 28.5 Å². The van der Waals surface area contributed by atoms with E-state index in [0.29, 0.717) is 12.8 Å². The van der Waals surface area contributed by atoms with Gasteiger partial charge in [-0.15, -0.1) is 0 Å². The third-order valence-electron chi connectivity index (χ3n) is 2.75. The van der Waals surface area contributed by atoms with Gasteiger partial charge in [-0.2, -0.15) is 0 Å². The molecule has 15 heavy (non-hydrogen) atoms. The van der Waals surface area contributed by atoms with Crippen molar-refractivity contribution in [2.75, 3.05) is 0 Å². The van der Waals surface area contributed by atoms with Crippen molar-refractivity contribution in [3.05, 3.63) is 34.9 Å². The van der Waals surface area contributed by atoms with Gasteiger partial charge in [0.15, 0.2) is 5.78 Å². The van der Waals surface area contributed by atoms with Crippen LogP contribution in [0.5, 0.6) is 0 Å². The summed E-state index contributed by atoms with van der Waals surface area (Å²) in [5.74, 6) is -2.25. The number of benzene rings is 1. The van der Waals surface area contributed by atoms with Crippen molar-refractivity contribution in [2.45, 2.75) is 25.3 Å². The minimum absolute atomic E-state index is 0.254. The van der Waals surface area contributed by atoms with Crippen LogP contribution in [0.25, 0.3) is 0 Å². The summed E-state index contributed by atoms with van der Waals surface area (Å²) in [6, 6.07) is 2.40. The molecule has 0 saturated heterocycles. The average molecular weight is 211 g/mol. The van der Waals surface area contributed by atoms with E-state index in [2.05, 4.69) is 0 Å². The normalized spacial score (nSPS) is 17.6. The molecule has 2 rings (SSSR count). The Morgan fingerprint density at radius 3 is 2.53 bits per heavy atom. The van der Waals surface area contributed by atoms with Crippen molar-refractivity contribution >= 4 is 5.78 Å². The molecule has 0 unspecified atom stereocenters. The standard InChI is InChI=1S/C11H11F2NO/c1-6-2-3-7(12)8(9(6)13)10(15)11(14)4-5-11/h2-3H,4-5,14H2,1H3. The fraction of sp³-hybridized carbons (Fsp3) is 0.364. The van der Waals surface area contributed by atoms with E-state index in [9.17, 15) is 13.6 Å². The van der Waals surface area contributed by atoms with Gasteiger partial charge in [-0.1, -0.05) is 6.07 Å². The quantitative estimate of drug-likeness (QED) is 0.760. The summed E-state index contributed by atoms with van der Waals surface area (Å²) in [5, 5.41) is 0. The Morgan fingerprint density at radius 1 is 1.40 bits per heavy atom. The van der Waals surface area contributed by atoms with E-state index in [4.69, 9.17) is 5.73 Å². The zero-order valence-corrected chi connectivity index (χ0v) is 8.31. The van der Waals surface area contributed by atoms with Gasteiger partial charge >= 0.3 is 0 Å². The Bertz CT molecular complexity index is 438. The average Bonchev–Trinajstić information content (AvgIpc) is 2.92. The number of halogens is 2. The van der Waals surface area contributed by atoms with Gasteiger partial charge in [-0.3, -0.25) is 4.79 Å². The number of rotatable bonds is 2. The topological polar surface area (TPSA) is 43.1 Å². The Morgan fingerprint density at radius 2 is 2.00 bits per heavy atom. The molecule has 0 atom stereocenters. The van der Waals surface area contributed by atoms with Crippen LogP contribution in [0.1, 0.15) is 28.8 Å². The zero-order chi connectivity index (χ0) is 11.2. The van der Waals surface area contributed by atoms with Crippen LogP contribution < -0.4 is 5.73 Å². The summed E-state index contributed by atoms with van der Waals surface area (Å²) in [6.07, 6.45) is 0.997. The summed E-state index contributed by atoms with van der Waals surface area (Å²) in [6.45, 7) is 1.49. The van der Waals surface area contributed by atoms with E-state index in [0.717, 1.165) is 6.07 Å². The lowest BCUT2D eigenvalue weighted by atomic mass is 10.00. The maximum Gasteiger partial charge on any atom is 0.188 e. The molecule has 1 aliphatic carbocycles. The third-order valence-corrected chi connectivity index (χ3v) is 2.75. The molecular weight excluding hydrogens is 200 g/mol. The summed E-state index contributed by atoms with van der Waals surface area (Å²) in [4.78, 5) is 11.7. The lowest BCUT2D eigenvalue weighted by Gasteiger charge is -2.10. The number of Topliss-reactive ketones (excluding diaryl/α,β-unsaturated/α-hetero) is 1. The summed E-state index contributed by atoms with van der Waals surface area (Å²) < 4.78 is 26.9. The van der Waals surface area contributed by atoms with E-state index in [1.165, 1.54) is 13.0 Å². The SMILES string of the molecule is Cc1ccc(F)c(C(=O)C2(N)CC2)c1F. The van der Waals surface area contributed by atoms with Crippen LogP contribution in [0.15, 0.2) is 12.1 Å². The predicted octanol–water partition coefficient (Wildman–Crippen LogP) is 1.95. The number of nitrogens with two attached hydrogens (primary N) is 1. The van der Waals surface area contributed by atoms with Gasteiger partial charge in [0, 0.05) is 0 Å². The van der Waals surface area contributed by atoms with Crippen LogP contribution in [-0.2, 0) is 0 Å². The molecule has 0 amide bonds. The Labute approximate surface area is 86.1 Å². The molecule has 2 nitrogen and oxygen atoms in total. The second kappa shape index (κ2) is 3.10. The number of ketones is 1. The molecule has 1 aromatic rings. The number of carbonyl (C=O) groups excluding carboxylic acids is 1. The molecule has 1 aromatic carbocycles. The largest absolute Gasteiger partial charge is 0.319 e. The molecule has 0 radical (unpaired) electrons. The lowest BCUT2D eigenvalue weighted by molar-refractivity contribution is 0.0940. The first kappa shape index (κ1) is 10.2. The molecule has 0 bridgehead atoms. The molecule has 0 aliphatic heterocycles. The smallest absolute Gasteiger partial charge is 0.188 e. The molecule has 0 heterocycles. The van der Waals surface area contributed by atoms with Crippen molar-refractivity contribution in [3.63, 3.8) is 0 Å². The van der Waals surface area contributed by atoms with Crippen LogP contribution >= 0.6 is 0 Å². The minimum atomic E-state index is -1.03. The van der Waals surface area contributed by atoms with Crippen LogP contribution in [0, 0.1) is 18.6 Å². The predicted molar refractivity (Wildman–Crippen MR) is 51.6 cm³/mol. The van der Waals surface area contributed by atoms with Crippen LogP contribution in [0.3, 0.4) is 0 Å². The van der Waals surface area contributed by atoms with Gasteiger partial charge in [-0.05, 0) is 31.4 Å². The van der Waals surface area contributed by atoms with Crippen LogP contribution in [-0.4, -0.2) is 11.3 Å². The van der Waals surface area contributed by atoms with Gasteiger partial charge in [0.2, 0.25) is 0 Å². The number of aryl methyl sites for hydroxylation is 1. The highest BCUT2D eigenvalue weighted by Gasteiger charge is 2.47. The van der Waals surface area contributed by atoms with Crippen LogP contribution in [0.4, 0.5) is 8.78 Å². The lowest BCUT2D eigenvalue weighted by Crippen LogP contribution is -2.34. The minimum Gasteiger partial charge on any atom is -0.319 e. The van der Waals surface area contributed by atoms with Crippen molar-refractivity contribution in [1.82, 2.24) is 0 Å². The van der Waals surface area contributed by atoms with E-state index >= 15 is 0 Å². The van der Waals surface area contributed by atoms with Gasteiger partial charge < -0.3 is 5.73 Å². The molecule has 0 spiro atoms. The zero-order valence-electron chi connectivity index (χ0n) is 8.31. The fourth-order valence-corrected chi connectivity index (χ4v) is 1.48. The molecule has 4 heteroatoms. The molecule has 80 valence electrons. The highest BCUT2D eigenvalue weighted by Crippen LogP contribution is 2.37. The van der Waals surface area contributed by atoms with Gasteiger partial charge in [0.25, 0.3) is 0 Å². The van der Waals surface area contributed by atoms with Crippen molar-refractivity contribution in [3.8, 4) is 0 Å². The molecule has 1 aliphatic rings. The first-order valence-corrected chi connectivity index (χ1v) is 4.74. The maximum absolute atomic E-state index is 13.6. The monoisotopic (exact) mass is 211 g/mol. The highest BCUT2D eigenvalue weighted by molar-refractivity contribution is 6.05. The first-order chi connectivity index (χ1) is 6.96. The highest BCUT2D eigenvalue weighted by atomic mass is 19.1. The number of hydrogen-bond donors (Lipinski definition) is 1. The third kappa shape index (κ3) is 1.55. The van der Waals surface area contributed by atoms with E-state index in [-0.39, 0.29) is 5.56 Å². The summed E-state index contributed by atoms with van der Waals surface area (Å²) in [7, 11) is 0. The van der Waals surface area contributed by atoms with Gasteiger partial charge in [0.1, 0.15) is 11.6 Å². The molecule has 1 fully saturated rings. The number of carbonyl (C=O) groups is 1. The Kier molecular flexibility index (Phi) is 2.12. The second-order valence-electron chi connectivity index (χ2n) is 4.04. The Balaban J connectivity index is 2.52. The second-order valence-corrected chi connectivity index (χ2v) is 4.04.